The summed E-state index contributed by atoms with van der Waals surface area (Å²) in [5.41, 5.74) is -0.414. The number of aliphatic hydroxyl groups is 1. The van der Waals surface area contributed by atoms with Crippen LogP contribution in [0.1, 0.15) is 59.3 Å². The minimum absolute atomic E-state index is 0.414. The maximum Gasteiger partial charge on any atom is 0.0632 e. The smallest absolute Gasteiger partial charge is 0.0632 e. The van der Waals surface area contributed by atoms with E-state index in [1.54, 1.807) is 0 Å². The van der Waals surface area contributed by atoms with Gasteiger partial charge in [-0.2, -0.15) is 0 Å². The van der Waals surface area contributed by atoms with E-state index in [1.165, 1.54) is 25.8 Å². The van der Waals surface area contributed by atoms with Crippen LogP contribution in [0.4, 0.5) is 0 Å². The zero-order valence-electron chi connectivity index (χ0n) is 11.8. The van der Waals surface area contributed by atoms with E-state index in [1.807, 2.05) is 6.92 Å². The molecule has 2 fully saturated rings. The van der Waals surface area contributed by atoms with Crippen molar-refractivity contribution in [3.63, 3.8) is 0 Å². The molecule has 2 heteroatoms. The molecule has 2 rings (SSSR count). The summed E-state index contributed by atoms with van der Waals surface area (Å²) in [6.45, 7) is 9.10. The first-order valence-electron chi connectivity index (χ1n) is 7.44. The zero-order chi connectivity index (χ0) is 12.5. The number of hydrogen-bond donors (Lipinski definition) is 1. The van der Waals surface area contributed by atoms with Crippen molar-refractivity contribution < 1.29 is 5.11 Å². The molecule has 0 bridgehead atoms. The van der Waals surface area contributed by atoms with Crippen molar-refractivity contribution in [3.05, 3.63) is 0 Å². The average Bonchev–Trinajstić information content (AvgIpc) is 2.44. The summed E-state index contributed by atoms with van der Waals surface area (Å²) in [5, 5.41) is 10.1. The van der Waals surface area contributed by atoms with E-state index in [9.17, 15) is 5.11 Å². The Kier molecular flexibility index (Phi) is 4.14. The van der Waals surface area contributed by atoms with Crippen molar-refractivity contribution in [2.24, 2.45) is 11.8 Å². The molecular formula is C15H29NO. The Hall–Kier alpha value is -0.0800. The van der Waals surface area contributed by atoms with Gasteiger partial charge in [-0.1, -0.05) is 13.8 Å². The minimum atomic E-state index is -0.414. The van der Waals surface area contributed by atoms with Crippen LogP contribution in [0.15, 0.2) is 0 Å². The highest BCUT2D eigenvalue weighted by Crippen LogP contribution is 2.33. The fourth-order valence-corrected chi connectivity index (χ4v) is 3.50. The molecule has 0 aromatic rings. The second-order valence-electron chi connectivity index (χ2n) is 6.81. The van der Waals surface area contributed by atoms with Gasteiger partial charge in [0.15, 0.2) is 0 Å². The maximum absolute atomic E-state index is 10.1. The third-order valence-electron chi connectivity index (χ3n) is 5.19. The van der Waals surface area contributed by atoms with E-state index < -0.39 is 5.60 Å². The molecule has 17 heavy (non-hydrogen) atoms. The Morgan fingerprint density at radius 3 is 2.53 bits per heavy atom. The molecular weight excluding hydrogens is 210 g/mol. The fraction of sp³-hybridized carbons (Fsp3) is 1.00. The highest BCUT2D eigenvalue weighted by Gasteiger charge is 2.32. The Bertz CT molecular complexity index is 251. The van der Waals surface area contributed by atoms with Crippen LogP contribution in [0.2, 0.25) is 0 Å². The molecule has 1 saturated carbocycles. The van der Waals surface area contributed by atoms with Gasteiger partial charge in [0.25, 0.3) is 0 Å². The molecule has 0 aromatic heterocycles. The normalized spacial score (nSPS) is 45.5. The van der Waals surface area contributed by atoms with Crippen LogP contribution >= 0.6 is 0 Å². The van der Waals surface area contributed by atoms with Crippen molar-refractivity contribution in [2.75, 3.05) is 13.1 Å². The van der Waals surface area contributed by atoms with Gasteiger partial charge in [0, 0.05) is 12.6 Å². The van der Waals surface area contributed by atoms with Crippen LogP contribution in [0.3, 0.4) is 0 Å². The molecule has 4 unspecified atom stereocenters. The van der Waals surface area contributed by atoms with Gasteiger partial charge in [0.05, 0.1) is 5.60 Å². The van der Waals surface area contributed by atoms with Crippen molar-refractivity contribution in [1.82, 2.24) is 4.90 Å². The summed E-state index contributed by atoms with van der Waals surface area (Å²) in [7, 11) is 0. The topological polar surface area (TPSA) is 23.5 Å². The molecule has 4 atom stereocenters. The van der Waals surface area contributed by atoms with Crippen molar-refractivity contribution in [3.8, 4) is 0 Å². The van der Waals surface area contributed by atoms with Gasteiger partial charge in [0.2, 0.25) is 0 Å². The molecule has 0 amide bonds. The number of rotatable bonds is 1. The summed E-state index contributed by atoms with van der Waals surface area (Å²) in [6, 6.07) is 0.787. The number of hydrogen-bond acceptors (Lipinski definition) is 2. The largest absolute Gasteiger partial charge is 0.390 e. The fourth-order valence-electron chi connectivity index (χ4n) is 3.50. The number of nitrogens with zero attached hydrogens (tertiary/aromatic N) is 1. The number of likely N-dealkylation sites (tertiary alicyclic amines) is 1. The van der Waals surface area contributed by atoms with Gasteiger partial charge in [-0.3, -0.25) is 0 Å². The summed E-state index contributed by atoms with van der Waals surface area (Å²) >= 11 is 0. The third-order valence-corrected chi connectivity index (χ3v) is 5.19. The van der Waals surface area contributed by atoms with Crippen molar-refractivity contribution in [1.29, 1.82) is 0 Å². The Labute approximate surface area is 106 Å². The van der Waals surface area contributed by atoms with E-state index >= 15 is 0 Å². The molecule has 0 radical (unpaired) electrons. The highest BCUT2D eigenvalue weighted by molar-refractivity contribution is 4.86. The standard InChI is InChI=1S/C15H29NO/c1-12-5-6-14(11-13(12)2)16-9-4-7-15(3,17)8-10-16/h12-14,17H,4-11H2,1-3H3. The van der Waals surface area contributed by atoms with E-state index in [-0.39, 0.29) is 0 Å². The lowest BCUT2D eigenvalue weighted by Gasteiger charge is -2.39. The lowest BCUT2D eigenvalue weighted by molar-refractivity contribution is 0.0400. The van der Waals surface area contributed by atoms with Gasteiger partial charge in [0.1, 0.15) is 0 Å². The quantitative estimate of drug-likeness (QED) is 0.760. The predicted molar refractivity (Wildman–Crippen MR) is 72.0 cm³/mol. The Morgan fingerprint density at radius 1 is 1.06 bits per heavy atom. The lowest BCUT2D eigenvalue weighted by atomic mass is 9.78. The molecule has 1 saturated heterocycles. The van der Waals surface area contributed by atoms with Crippen LogP contribution in [-0.4, -0.2) is 34.7 Å². The van der Waals surface area contributed by atoms with Crippen LogP contribution < -0.4 is 0 Å². The molecule has 0 aromatic carbocycles. The molecule has 1 aliphatic carbocycles. The van der Waals surface area contributed by atoms with Gasteiger partial charge < -0.3 is 10.0 Å². The molecule has 1 aliphatic heterocycles. The predicted octanol–water partition coefficient (Wildman–Crippen LogP) is 3.05. The van der Waals surface area contributed by atoms with E-state index in [0.717, 1.165) is 43.7 Å². The second-order valence-corrected chi connectivity index (χ2v) is 6.81. The zero-order valence-corrected chi connectivity index (χ0v) is 11.8. The molecule has 2 aliphatic rings. The van der Waals surface area contributed by atoms with Gasteiger partial charge in [-0.15, -0.1) is 0 Å². The first-order chi connectivity index (χ1) is 7.98. The van der Waals surface area contributed by atoms with E-state index in [4.69, 9.17) is 0 Å². The summed E-state index contributed by atoms with van der Waals surface area (Å²) in [4.78, 5) is 2.66. The van der Waals surface area contributed by atoms with Crippen LogP contribution in [-0.2, 0) is 0 Å². The third kappa shape index (κ3) is 3.45. The molecule has 2 nitrogen and oxygen atoms in total. The molecule has 100 valence electrons. The lowest BCUT2D eigenvalue weighted by Crippen LogP contribution is -2.41. The maximum atomic E-state index is 10.1. The summed E-state index contributed by atoms with van der Waals surface area (Å²) in [6.07, 6.45) is 7.21. The monoisotopic (exact) mass is 239 g/mol. The second kappa shape index (κ2) is 5.27. The molecule has 0 spiro atoms. The first kappa shape index (κ1) is 13.4. The Morgan fingerprint density at radius 2 is 1.82 bits per heavy atom. The SMILES string of the molecule is CC1CCC(N2CCCC(C)(O)CC2)CC1C. The van der Waals surface area contributed by atoms with E-state index in [2.05, 4.69) is 18.7 Å². The van der Waals surface area contributed by atoms with Gasteiger partial charge in [-0.05, 0) is 63.8 Å². The Balaban J connectivity index is 1.90. The first-order valence-corrected chi connectivity index (χ1v) is 7.44. The molecule has 1 heterocycles. The highest BCUT2D eigenvalue weighted by atomic mass is 16.3. The average molecular weight is 239 g/mol. The van der Waals surface area contributed by atoms with Crippen LogP contribution in [0, 0.1) is 11.8 Å². The van der Waals surface area contributed by atoms with Crippen molar-refractivity contribution in [2.45, 2.75) is 70.9 Å². The minimum Gasteiger partial charge on any atom is -0.390 e. The summed E-state index contributed by atoms with van der Waals surface area (Å²) < 4.78 is 0. The van der Waals surface area contributed by atoms with E-state index in [0.29, 0.717) is 0 Å². The van der Waals surface area contributed by atoms with Crippen LogP contribution in [0.5, 0.6) is 0 Å². The molecule has 1 N–H and O–H groups in total. The van der Waals surface area contributed by atoms with Crippen molar-refractivity contribution >= 4 is 0 Å². The summed E-state index contributed by atoms with van der Waals surface area (Å²) in [5.74, 6) is 1.78. The van der Waals surface area contributed by atoms with Crippen LogP contribution in [0.25, 0.3) is 0 Å². The van der Waals surface area contributed by atoms with Gasteiger partial charge >= 0.3 is 0 Å². The van der Waals surface area contributed by atoms with Gasteiger partial charge in [-0.25, -0.2) is 0 Å².